The number of carbonyl (C=O) groups excluding carboxylic acids is 1. The third-order valence-corrected chi connectivity index (χ3v) is 5.58. The van der Waals surface area contributed by atoms with Crippen LogP contribution in [0, 0.1) is 17.8 Å². The minimum absolute atomic E-state index is 0.159. The van der Waals surface area contributed by atoms with Gasteiger partial charge < -0.3 is 24.9 Å². The molecule has 3 N–H and O–H groups in total. The maximum atomic E-state index is 11.0. The van der Waals surface area contributed by atoms with Crippen LogP contribution in [0.15, 0.2) is 36.6 Å². The lowest BCUT2D eigenvalue weighted by Crippen LogP contribution is -2.31. The standard InChI is InChI=1S/C16H24O.C10H24N2O2.C8H17NO/c1-12(2)10-15-6-8-16(9-7-15)11-17-14(5)13(3)4;1-9(2)11-5-8-14-12-6-7-13-10(3)4;1-6(2)8(10)5-9-7(3)4/h6-9,12-13H,5,10-11H2,1-4H3;9-12H,5-8H2,1-4H3;6-7,9H,5H2,1-4H3. The smallest absolute Gasteiger partial charge is 0.149 e. The number of ketones is 1. The Bertz CT molecular complexity index is 746. The third-order valence-electron chi connectivity index (χ3n) is 5.58. The zero-order valence-corrected chi connectivity index (χ0v) is 28.6. The molecule has 240 valence electrons. The first-order valence-electron chi connectivity index (χ1n) is 15.5. The van der Waals surface area contributed by atoms with E-state index in [2.05, 4.69) is 88.5 Å². The molecule has 7 nitrogen and oxygen atoms in total. The number of hydroxylamine groups is 1. The molecule has 0 bridgehead atoms. The molecule has 0 aromatic heterocycles. The van der Waals surface area contributed by atoms with Crippen molar-refractivity contribution in [3.63, 3.8) is 0 Å². The number of allylic oxidation sites excluding steroid dienone is 1. The van der Waals surface area contributed by atoms with Gasteiger partial charge in [-0.05, 0) is 37.3 Å². The summed E-state index contributed by atoms with van der Waals surface area (Å²) in [5, 5.41) is 6.34. The molecule has 1 aromatic carbocycles. The SMILES string of the molecule is C=C(OCc1ccc(CC(C)C)cc1)C(C)C.CC(C)NCC(=O)C(C)C.CC(C)NCCONCCOC(C)C. The lowest BCUT2D eigenvalue weighted by atomic mass is 10.0. The Morgan fingerprint density at radius 3 is 1.78 bits per heavy atom. The van der Waals surface area contributed by atoms with Gasteiger partial charge in [0.25, 0.3) is 0 Å². The predicted octanol–water partition coefficient (Wildman–Crippen LogP) is 6.71. The first-order valence-corrected chi connectivity index (χ1v) is 15.5. The van der Waals surface area contributed by atoms with Crippen LogP contribution < -0.4 is 16.1 Å². The maximum absolute atomic E-state index is 11.0. The predicted molar refractivity (Wildman–Crippen MR) is 175 cm³/mol. The molecule has 0 aliphatic heterocycles. The summed E-state index contributed by atoms with van der Waals surface area (Å²) in [5.41, 5.74) is 5.45. The highest BCUT2D eigenvalue weighted by Crippen LogP contribution is 2.14. The first-order chi connectivity index (χ1) is 19.1. The van der Waals surface area contributed by atoms with Gasteiger partial charge in [-0.3, -0.25) is 4.79 Å². The first kappa shape index (κ1) is 41.4. The Labute approximate surface area is 253 Å². The average Bonchev–Trinajstić information content (AvgIpc) is 2.88. The van der Waals surface area contributed by atoms with E-state index in [9.17, 15) is 4.79 Å². The van der Waals surface area contributed by atoms with Crippen LogP contribution in [0.1, 0.15) is 94.2 Å². The van der Waals surface area contributed by atoms with E-state index in [1.807, 2.05) is 41.5 Å². The van der Waals surface area contributed by atoms with Crippen molar-refractivity contribution < 1.29 is 19.1 Å². The third kappa shape index (κ3) is 29.5. The summed E-state index contributed by atoms with van der Waals surface area (Å²) in [5.74, 6) is 2.39. The second-order valence-electron chi connectivity index (χ2n) is 12.3. The van der Waals surface area contributed by atoms with E-state index in [-0.39, 0.29) is 11.7 Å². The van der Waals surface area contributed by atoms with Gasteiger partial charge in [0.05, 0.1) is 31.6 Å². The molecule has 0 aliphatic rings. The summed E-state index contributed by atoms with van der Waals surface area (Å²) < 4.78 is 10.9. The zero-order valence-electron chi connectivity index (χ0n) is 28.6. The number of benzene rings is 1. The molecule has 1 aromatic rings. The Hall–Kier alpha value is -1.77. The molecule has 0 atom stereocenters. The molecule has 41 heavy (non-hydrogen) atoms. The number of hydrogen-bond donors (Lipinski definition) is 3. The molecule has 0 saturated carbocycles. The number of ether oxygens (including phenoxy) is 2. The fourth-order valence-electron chi connectivity index (χ4n) is 2.97. The summed E-state index contributed by atoms with van der Waals surface area (Å²) in [6.07, 6.45) is 1.43. The number of hydrogen-bond acceptors (Lipinski definition) is 7. The van der Waals surface area contributed by atoms with Crippen molar-refractivity contribution in [1.29, 1.82) is 0 Å². The molecule has 0 heterocycles. The molecule has 1 rings (SSSR count). The van der Waals surface area contributed by atoms with E-state index in [4.69, 9.17) is 14.3 Å². The Kier molecular flexibility index (Phi) is 26.1. The van der Waals surface area contributed by atoms with Crippen molar-refractivity contribution in [2.45, 2.75) is 114 Å². The van der Waals surface area contributed by atoms with Gasteiger partial charge in [0.1, 0.15) is 12.4 Å². The van der Waals surface area contributed by atoms with Gasteiger partial charge in [-0.15, -0.1) is 0 Å². The summed E-state index contributed by atoms with van der Waals surface area (Å²) in [6, 6.07) is 9.59. The van der Waals surface area contributed by atoms with E-state index in [0.29, 0.717) is 56.4 Å². The molecule has 0 aliphatic carbocycles. The van der Waals surface area contributed by atoms with Crippen molar-refractivity contribution in [3.05, 3.63) is 47.7 Å². The van der Waals surface area contributed by atoms with E-state index in [0.717, 1.165) is 25.3 Å². The van der Waals surface area contributed by atoms with Crippen LogP contribution in [0.3, 0.4) is 0 Å². The fourth-order valence-corrected chi connectivity index (χ4v) is 2.97. The Balaban J connectivity index is 0. The summed E-state index contributed by atoms with van der Waals surface area (Å²) in [4.78, 5) is 16.2. The normalized spacial score (nSPS) is 11.2. The van der Waals surface area contributed by atoms with Crippen LogP contribution in [0.5, 0.6) is 0 Å². The van der Waals surface area contributed by atoms with Crippen LogP contribution in [0.25, 0.3) is 0 Å². The molecule has 0 fully saturated rings. The number of Topliss-reactive ketones (excluding diaryl/α,β-unsaturated/α-hetero) is 1. The molecule has 0 unspecified atom stereocenters. The summed E-state index contributed by atoms with van der Waals surface area (Å²) in [6.45, 7) is 32.9. The molecule has 0 radical (unpaired) electrons. The zero-order chi connectivity index (χ0) is 31.8. The van der Waals surface area contributed by atoms with Gasteiger partial charge in [0, 0.05) is 37.0 Å². The van der Waals surface area contributed by atoms with E-state index >= 15 is 0 Å². The fraction of sp³-hybridized carbons (Fsp3) is 0.735. The van der Waals surface area contributed by atoms with Crippen molar-refractivity contribution in [2.24, 2.45) is 17.8 Å². The number of nitrogens with one attached hydrogen (secondary N) is 3. The molecule has 7 heteroatoms. The molecular weight excluding hydrogens is 514 g/mol. The topological polar surface area (TPSA) is 80.9 Å². The lowest BCUT2D eigenvalue weighted by molar-refractivity contribution is -0.121. The molecule has 0 saturated heterocycles. The van der Waals surface area contributed by atoms with Crippen LogP contribution in [0.2, 0.25) is 0 Å². The van der Waals surface area contributed by atoms with Crippen LogP contribution in [-0.4, -0.2) is 56.8 Å². The number of carbonyl (C=O) groups is 1. The van der Waals surface area contributed by atoms with Crippen LogP contribution in [0.4, 0.5) is 0 Å². The van der Waals surface area contributed by atoms with Crippen LogP contribution >= 0.6 is 0 Å². The van der Waals surface area contributed by atoms with Crippen molar-refractivity contribution >= 4 is 5.78 Å². The van der Waals surface area contributed by atoms with Crippen molar-refractivity contribution in [1.82, 2.24) is 16.1 Å². The van der Waals surface area contributed by atoms with Crippen LogP contribution in [-0.2, 0) is 32.1 Å². The highest BCUT2D eigenvalue weighted by atomic mass is 16.6. The monoisotopic (exact) mass is 579 g/mol. The molecule has 0 amide bonds. The summed E-state index contributed by atoms with van der Waals surface area (Å²) in [7, 11) is 0. The maximum Gasteiger partial charge on any atom is 0.149 e. The van der Waals surface area contributed by atoms with Crippen molar-refractivity contribution in [2.75, 3.05) is 32.8 Å². The van der Waals surface area contributed by atoms with Gasteiger partial charge in [-0.2, -0.15) is 0 Å². The quantitative estimate of drug-likeness (QED) is 0.0955. The Morgan fingerprint density at radius 1 is 0.756 bits per heavy atom. The highest BCUT2D eigenvalue weighted by molar-refractivity contribution is 5.82. The summed E-state index contributed by atoms with van der Waals surface area (Å²) >= 11 is 0. The Morgan fingerprint density at radius 2 is 1.32 bits per heavy atom. The second kappa shape index (κ2) is 25.9. The van der Waals surface area contributed by atoms with Crippen molar-refractivity contribution in [3.8, 4) is 0 Å². The van der Waals surface area contributed by atoms with E-state index in [1.165, 1.54) is 11.1 Å². The minimum atomic E-state index is 0.159. The van der Waals surface area contributed by atoms with E-state index in [1.54, 1.807) is 0 Å². The lowest BCUT2D eigenvalue weighted by Gasteiger charge is -2.12. The average molecular weight is 580 g/mol. The largest absolute Gasteiger partial charge is 0.494 e. The minimum Gasteiger partial charge on any atom is -0.494 e. The molecular formula is C34H65N3O4. The van der Waals surface area contributed by atoms with Gasteiger partial charge in [0.2, 0.25) is 0 Å². The molecule has 0 spiro atoms. The van der Waals surface area contributed by atoms with Gasteiger partial charge >= 0.3 is 0 Å². The van der Waals surface area contributed by atoms with E-state index < -0.39 is 0 Å². The number of rotatable bonds is 19. The highest BCUT2D eigenvalue weighted by Gasteiger charge is 2.06. The van der Waals surface area contributed by atoms with Gasteiger partial charge in [-0.1, -0.05) is 100 Å². The van der Waals surface area contributed by atoms with Gasteiger partial charge in [0.15, 0.2) is 0 Å². The second-order valence-corrected chi connectivity index (χ2v) is 12.3. The van der Waals surface area contributed by atoms with Gasteiger partial charge in [-0.25, -0.2) is 5.48 Å².